The Morgan fingerprint density at radius 1 is 1.05 bits per heavy atom. The highest BCUT2D eigenvalue weighted by molar-refractivity contribution is 6.42. The first kappa shape index (κ1) is 16.4. The van der Waals surface area contributed by atoms with Gasteiger partial charge in [0.25, 0.3) is 0 Å². The average molecular weight is 322 g/mol. The molecule has 1 nitrogen and oxygen atoms in total. The van der Waals surface area contributed by atoms with E-state index in [1.165, 1.54) is 11.1 Å². The van der Waals surface area contributed by atoms with Crippen molar-refractivity contribution in [2.45, 2.75) is 32.2 Å². The summed E-state index contributed by atoms with van der Waals surface area (Å²) in [4.78, 5) is 0. The molecule has 0 aliphatic rings. The number of hydrogen-bond donors (Lipinski definition) is 1. The lowest BCUT2D eigenvalue weighted by atomic mass is 9.98. The van der Waals surface area contributed by atoms with Gasteiger partial charge in [-0.15, -0.1) is 0 Å². The highest BCUT2D eigenvalue weighted by Gasteiger charge is 2.11. The zero-order valence-corrected chi connectivity index (χ0v) is 14.0. The van der Waals surface area contributed by atoms with Crippen LogP contribution in [0.1, 0.15) is 23.1 Å². The number of hydrogen-bond acceptors (Lipinski definition) is 1. The first-order valence-corrected chi connectivity index (χ1v) is 8.01. The van der Waals surface area contributed by atoms with Crippen LogP contribution in [-0.2, 0) is 12.8 Å². The Morgan fingerprint density at radius 3 is 2.43 bits per heavy atom. The smallest absolute Gasteiger partial charge is 0.0624 e. The fourth-order valence-corrected chi connectivity index (χ4v) is 2.81. The molecular formula is C18H21Cl2N. The van der Waals surface area contributed by atoms with Crippen LogP contribution < -0.4 is 5.32 Å². The molecule has 1 atom stereocenters. The van der Waals surface area contributed by atoms with Gasteiger partial charge in [-0.25, -0.2) is 0 Å². The maximum absolute atomic E-state index is 6.27. The van der Waals surface area contributed by atoms with Crippen LogP contribution >= 0.6 is 23.2 Å². The molecule has 2 aromatic rings. The van der Waals surface area contributed by atoms with Gasteiger partial charge in [0.2, 0.25) is 0 Å². The summed E-state index contributed by atoms with van der Waals surface area (Å²) in [5, 5.41) is 4.68. The summed E-state index contributed by atoms with van der Waals surface area (Å²) in [5.41, 5.74) is 3.78. The molecule has 112 valence electrons. The SMILES string of the molecule is CNC(CCc1ccc(C)cc1)Cc1cccc(Cl)c1Cl. The molecule has 21 heavy (non-hydrogen) atoms. The van der Waals surface area contributed by atoms with Gasteiger partial charge in [-0.1, -0.05) is 65.2 Å². The molecule has 0 spiro atoms. The third-order valence-electron chi connectivity index (χ3n) is 3.81. The van der Waals surface area contributed by atoms with Crippen LogP contribution in [0.4, 0.5) is 0 Å². The van der Waals surface area contributed by atoms with Crippen LogP contribution in [0.3, 0.4) is 0 Å². The minimum absolute atomic E-state index is 0.391. The highest BCUT2D eigenvalue weighted by Crippen LogP contribution is 2.26. The van der Waals surface area contributed by atoms with Crippen molar-refractivity contribution < 1.29 is 0 Å². The van der Waals surface area contributed by atoms with Gasteiger partial charge in [0.1, 0.15) is 0 Å². The van der Waals surface area contributed by atoms with Crippen molar-refractivity contribution in [1.29, 1.82) is 0 Å². The van der Waals surface area contributed by atoms with E-state index in [1.54, 1.807) is 0 Å². The number of aryl methyl sites for hydroxylation is 2. The Balaban J connectivity index is 1.97. The maximum Gasteiger partial charge on any atom is 0.0624 e. The predicted octanol–water partition coefficient (Wildman–Crippen LogP) is 5.07. The second kappa shape index (κ2) is 7.84. The number of likely N-dealkylation sites (N-methyl/N-ethyl adjacent to an activating group) is 1. The summed E-state index contributed by atoms with van der Waals surface area (Å²) in [6, 6.07) is 15.0. The molecule has 3 heteroatoms. The minimum Gasteiger partial charge on any atom is -0.317 e. The molecule has 1 N–H and O–H groups in total. The lowest BCUT2D eigenvalue weighted by molar-refractivity contribution is 0.520. The van der Waals surface area contributed by atoms with Crippen molar-refractivity contribution in [2.24, 2.45) is 0 Å². The first-order chi connectivity index (χ1) is 10.1. The number of benzene rings is 2. The number of rotatable bonds is 6. The molecule has 0 aromatic heterocycles. The van der Waals surface area contributed by atoms with E-state index in [9.17, 15) is 0 Å². The molecule has 0 radical (unpaired) electrons. The van der Waals surface area contributed by atoms with Gasteiger partial charge in [0.05, 0.1) is 10.0 Å². The van der Waals surface area contributed by atoms with Crippen molar-refractivity contribution in [3.8, 4) is 0 Å². The molecule has 0 saturated heterocycles. The van der Waals surface area contributed by atoms with Crippen molar-refractivity contribution in [3.05, 3.63) is 69.2 Å². The molecule has 0 heterocycles. The molecule has 0 aliphatic carbocycles. The standard InChI is InChI=1S/C18H21Cl2N/c1-13-6-8-14(9-7-13)10-11-16(21-2)12-15-4-3-5-17(19)18(15)20/h3-9,16,21H,10-12H2,1-2H3. The first-order valence-electron chi connectivity index (χ1n) is 7.26. The summed E-state index contributed by atoms with van der Waals surface area (Å²) in [7, 11) is 2.00. The van der Waals surface area contributed by atoms with E-state index in [4.69, 9.17) is 23.2 Å². The third-order valence-corrected chi connectivity index (χ3v) is 4.67. The summed E-state index contributed by atoms with van der Waals surface area (Å²) in [6.07, 6.45) is 3.02. The van der Waals surface area contributed by atoms with Gasteiger partial charge in [-0.05, 0) is 50.4 Å². The third kappa shape index (κ3) is 4.74. The van der Waals surface area contributed by atoms with Gasteiger partial charge >= 0.3 is 0 Å². The average Bonchev–Trinajstić information content (AvgIpc) is 2.49. The van der Waals surface area contributed by atoms with Crippen molar-refractivity contribution >= 4 is 23.2 Å². The molecule has 1 unspecified atom stereocenters. The largest absolute Gasteiger partial charge is 0.317 e. The van der Waals surface area contributed by atoms with E-state index in [2.05, 4.69) is 36.5 Å². The molecule has 0 amide bonds. The van der Waals surface area contributed by atoms with Crippen molar-refractivity contribution in [1.82, 2.24) is 5.32 Å². The van der Waals surface area contributed by atoms with Crippen LogP contribution in [0.25, 0.3) is 0 Å². The van der Waals surface area contributed by atoms with Gasteiger partial charge in [0.15, 0.2) is 0 Å². The second-order valence-corrected chi connectivity index (χ2v) is 6.21. The van der Waals surface area contributed by atoms with Crippen molar-refractivity contribution in [3.63, 3.8) is 0 Å². The van der Waals surface area contributed by atoms with Gasteiger partial charge < -0.3 is 5.32 Å². The van der Waals surface area contributed by atoms with Crippen LogP contribution in [0.2, 0.25) is 10.0 Å². The van der Waals surface area contributed by atoms with Crippen molar-refractivity contribution in [2.75, 3.05) is 7.05 Å². The molecule has 0 saturated carbocycles. The second-order valence-electron chi connectivity index (χ2n) is 5.43. The summed E-state index contributed by atoms with van der Waals surface area (Å²) >= 11 is 12.3. The Labute approximate surface area is 137 Å². The maximum atomic E-state index is 6.27. The quantitative estimate of drug-likeness (QED) is 0.783. The van der Waals surface area contributed by atoms with E-state index in [1.807, 2.05) is 25.2 Å². The Bertz CT molecular complexity index is 578. The lowest BCUT2D eigenvalue weighted by Crippen LogP contribution is -2.28. The molecular weight excluding hydrogens is 301 g/mol. The van der Waals surface area contributed by atoms with Crippen LogP contribution in [0.15, 0.2) is 42.5 Å². The molecule has 0 aliphatic heterocycles. The zero-order chi connectivity index (χ0) is 15.2. The fraction of sp³-hybridized carbons (Fsp3) is 0.333. The monoisotopic (exact) mass is 321 g/mol. The summed E-state index contributed by atoms with van der Waals surface area (Å²) < 4.78 is 0. The topological polar surface area (TPSA) is 12.0 Å². The Morgan fingerprint density at radius 2 is 1.76 bits per heavy atom. The highest BCUT2D eigenvalue weighted by atomic mass is 35.5. The molecule has 2 aromatic carbocycles. The van der Waals surface area contributed by atoms with E-state index in [0.717, 1.165) is 24.8 Å². The van der Waals surface area contributed by atoms with Gasteiger partial charge in [-0.2, -0.15) is 0 Å². The van der Waals surface area contributed by atoms with Crippen LogP contribution in [-0.4, -0.2) is 13.1 Å². The lowest BCUT2D eigenvalue weighted by Gasteiger charge is -2.17. The number of nitrogens with one attached hydrogen (secondary N) is 1. The van der Waals surface area contributed by atoms with E-state index in [0.29, 0.717) is 16.1 Å². The summed E-state index contributed by atoms with van der Waals surface area (Å²) in [6.45, 7) is 2.11. The molecule has 2 rings (SSSR count). The van der Waals surface area contributed by atoms with Gasteiger partial charge in [-0.3, -0.25) is 0 Å². The van der Waals surface area contributed by atoms with Crippen LogP contribution in [0.5, 0.6) is 0 Å². The normalized spacial score (nSPS) is 12.4. The van der Waals surface area contributed by atoms with Gasteiger partial charge in [0, 0.05) is 6.04 Å². The van der Waals surface area contributed by atoms with E-state index >= 15 is 0 Å². The zero-order valence-electron chi connectivity index (χ0n) is 12.5. The Hall–Kier alpha value is -1.02. The Kier molecular flexibility index (Phi) is 6.10. The van der Waals surface area contributed by atoms with Crippen LogP contribution in [0, 0.1) is 6.92 Å². The van der Waals surface area contributed by atoms with E-state index < -0.39 is 0 Å². The molecule has 0 bridgehead atoms. The fourth-order valence-electron chi connectivity index (χ4n) is 2.42. The number of halogens is 2. The minimum atomic E-state index is 0.391. The predicted molar refractivity (Wildman–Crippen MR) is 92.5 cm³/mol. The van der Waals surface area contributed by atoms with E-state index in [-0.39, 0.29) is 0 Å². The molecule has 0 fully saturated rings. The summed E-state index contributed by atoms with van der Waals surface area (Å²) in [5.74, 6) is 0.